The number of carboxylic acids is 1. The van der Waals surface area contributed by atoms with Crippen LogP contribution >= 0.6 is 0 Å². The summed E-state index contributed by atoms with van der Waals surface area (Å²) in [5.41, 5.74) is 2.03. The Bertz CT molecular complexity index is 1480. The van der Waals surface area contributed by atoms with Gasteiger partial charge in [-0.15, -0.1) is 0 Å². The van der Waals surface area contributed by atoms with Gasteiger partial charge in [-0.25, -0.2) is 4.79 Å². The second-order valence-corrected chi connectivity index (χ2v) is 10.8. The molecule has 44 heavy (non-hydrogen) atoms. The minimum absolute atomic E-state index is 0.00262. The Hall–Kier alpha value is -4.26. The summed E-state index contributed by atoms with van der Waals surface area (Å²) >= 11 is 0. The third-order valence-corrected chi connectivity index (χ3v) is 8.62. The SMILES string of the molecule is CCN1C(=O)[C@@H]2[C@@H](c3ccc(-c4ccc(C(C)=O)cc4)c(OC)c3)N3CCCC[C@@]3(C(=O)OC)[C@@H]2C1=O.O=C(O)C(F)(F)F. The molecule has 13 heteroatoms. The average molecular weight is 619 g/mol. The van der Waals surface area contributed by atoms with Crippen LogP contribution in [-0.4, -0.2) is 83.5 Å². The van der Waals surface area contributed by atoms with E-state index in [1.807, 2.05) is 30.3 Å². The van der Waals surface area contributed by atoms with Gasteiger partial charge in [-0.05, 0) is 56.8 Å². The summed E-state index contributed by atoms with van der Waals surface area (Å²) in [4.78, 5) is 64.5. The summed E-state index contributed by atoms with van der Waals surface area (Å²) in [6.07, 6.45) is -2.95. The van der Waals surface area contributed by atoms with E-state index in [9.17, 15) is 32.3 Å². The number of ketones is 1. The molecule has 4 atom stereocenters. The highest BCUT2D eigenvalue weighted by atomic mass is 19.4. The summed E-state index contributed by atoms with van der Waals surface area (Å²) < 4.78 is 42.8. The molecule has 3 aliphatic rings. The first kappa shape index (κ1) is 32.6. The number of carbonyl (C=O) groups is 5. The number of amides is 2. The van der Waals surface area contributed by atoms with Gasteiger partial charge in [-0.3, -0.25) is 29.0 Å². The molecule has 0 saturated carbocycles. The Balaban J connectivity index is 0.000000566. The van der Waals surface area contributed by atoms with Gasteiger partial charge in [0.1, 0.15) is 11.3 Å². The van der Waals surface area contributed by atoms with Crippen LogP contribution in [0.1, 0.15) is 55.1 Å². The Labute approximate surface area is 251 Å². The van der Waals surface area contributed by atoms with Gasteiger partial charge in [0, 0.05) is 23.7 Å². The number of imide groups is 1. The molecule has 3 heterocycles. The van der Waals surface area contributed by atoms with Gasteiger partial charge < -0.3 is 14.6 Å². The van der Waals surface area contributed by atoms with Crippen molar-refractivity contribution in [1.29, 1.82) is 0 Å². The normalized spacial score (nSPS) is 24.6. The van der Waals surface area contributed by atoms with Gasteiger partial charge >= 0.3 is 18.1 Å². The lowest BCUT2D eigenvalue weighted by Gasteiger charge is -2.44. The first-order chi connectivity index (χ1) is 20.7. The van der Waals surface area contributed by atoms with Gasteiger partial charge in [0.05, 0.1) is 26.1 Å². The molecular formula is C31H33F3N2O8. The second kappa shape index (κ2) is 12.4. The maximum atomic E-state index is 13.6. The van der Waals surface area contributed by atoms with E-state index in [4.69, 9.17) is 19.4 Å². The number of hydrogen-bond donors (Lipinski definition) is 1. The van der Waals surface area contributed by atoms with E-state index in [1.165, 1.54) is 18.9 Å². The number of halogens is 3. The molecule has 3 fully saturated rings. The first-order valence-electron chi connectivity index (χ1n) is 14.0. The van der Waals surface area contributed by atoms with E-state index < -0.39 is 41.5 Å². The molecule has 3 saturated heterocycles. The zero-order valence-electron chi connectivity index (χ0n) is 24.6. The highest BCUT2D eigenvalue weighted by Gasteiger charge is 2.72. The molecule has 2 aromatic carbocycles. The summed E-state index contributed by atoms with van der Waals surface area (Å²) in [5.74, 6) is -4.56. The molecule has 0 radical (unpaired) electrons. The topological polar surface area (TPSA) is 131 Å². The summed E-state index contributed by atoms with van der Waals surface area (Å²) in [7, 11) is 2.94. The number of methoxy groups -OCH3 is 2. The van der Waals surface area contributed by atoms with Crippen LogP contribution in [0.3, 0.4) is 0 Å². The molecule has 0 bridgehead atoms. The fraction of sp³-hybridized carbons (Fsp3) is 0.452. The van der Waals surface area contributed by atoms with Crippen LogP contribution in [0.25, 0.3) is 11.1 Å². The molecule has 0 spiro atoms. The van der Waals surface area contributed by atoms with Crippen LogP contribution in [0.2, 0.25) is 0 Å². The zero-order chi connectivity index (χ0) is 32.6. The molecule has 2 amide bonds. The number of piperidine rings is 1. The molecule has 1 N–H and O–H groups in total. The van der Waals surface area contributed by atoms with Crippen molar-refractivity contribution < 1.29 is 51.7 Å². The largest absolute Gasteiger partial charge is 0.496 e. The first-order valence-corrected chi connectivity index (χ1v) is 14.0. The van der Waals surface area contributed by atoms with Crippen molar-refractivity contribution in [3.8, 4) is 16.9 Å². The second-order valence-electron chi connectivity index (χ2n) is 10.8. The number of carboxylic acid groups (broad SMARTS) is 1. The molecule has 5 rings (SSSR count). The van der Waals surface area contributed by atoms with Crippen molar-refractivity contribution in [2.45, 2.75) is 50.9 Å². The lowest BCUT2D eigenvalue weighted by molar-refractivity contribution is -0.192. The van der Waals surface area contributed by atoms with E-state index >= 15 is 0 Å². The Kier molecular flexibility index (Phi) is 9.19. The molecule has 0 unspecified atom stereocenters. The fourth-order valence-corrected chi connectivity index (χ4v) is 6.74. The third-order valence-electron chi connectivity index (χ3n) is 8.62. The van der Waals surface area contributed by atoms with Crippen LogP contribution in [0, 0.1) is 11.8 Å². The van der Waals surface area contributed by atoms with Gasteiger partial charge in [0.15, 0.2) is 5.78 Å². The number of hydrogen-bond acceptors (Lipinski definition) is 8. The molecule has 10 nitrogen and oxygen atoms in total. The number of carbonyl (C=O) groups excluding carboxylic acids is 4. The van der Waals surface area contributed by atoms with Crippen molar-refractivity contribution >= 4 is 29.5 Å². The minimum atomic E-state index is -5.08. The molecule has 3 aliphatic heterocycles. The predicted octanol–water partition coefficient (Wildman–Crippen LogP) is 4.27. The van der Waals surface area contributed by atoms with Crippen molar-refractivity contribution in [3.05, 3.63) is 53.6 Å². The van der Waals surface area contributed by atoms with Gasteiger partial charge in [-0.1, -0.05) is 36.4 Å². The van der Waals surface area contributed by atoms with E-state index in [0.29, 0.717) is 24.3 Å². The van der Waals surface area contributed by atoms with Crippen LogP contribution in [-0.2, 0) is 23.9 Å². The average Bonchev–Trinajstić information content (AvgIpc) is 3.45. The van der Waals surface area contributed by atoms with Crippen LogP contribution in [0.4, 0.5) is 13.2 Å². The molecule has 2 aromatic rings. The molecule has 0 aromatic heterocycles. The van der Waals surface area contributed by atoms with Crippen LogP contribution < -0.4 is 4.74 Å². The van der Waals surface area contributed by atoms with Crippen molar-refractivity contribution in [2.24, 2.45) is 11.8 Å². The van der Waals surface area contributed by atoms with E-state index in [-0.39, 0.29) is 24.1 Å². The monoisotopic (exact) mass is 618 g/mol. The van der Waals surface area contributed by atoms with Crippen LogP contribution in [0.15, 0.2) is 42.5 Å². The smallest absolute Gasteiger partial charge is 0.490 e. The number of ether oxygens (including phenoxy) is 2. The number of rotatable bonds is 6. The standard InChI is InChI=1S/C29H32N2O6.C2HF3O2/c1-5-30-26(33)23-24(27(30)34)29(28(35)37-4)14-6-7-15-31(29)25(23)20-12-13-21(22(16-20)36-3)19-10-8-18(9-11-19)17(2)32;3-2(4,5)1(6)7/h8-13,16,23-25H,5-7,14-15H2,1-4H3;(H,6,7)/t23-,24-,25+,29-;/m0./s1. The highest BCUT2D eigenvalue weighted by molar-refractivity contribution is 6.09. The van der Waals surface area contributed by atoms with Crippen molar-refractivity contribution in [1.82, 2.24) is 9.80 Å². The number of benzene rings is 2. The number of nitrogens with zero attached hydrogens (tertiary/aromatic N) is 2. The number of fused-ring (bicyclic) bond motifs is 3. The fourth-order valence-electron chi connectivity index (χ4n) is 6.74. The number of alkyl halides is 3. The van der Waals surface area contributed by atoms with Crippen LogP contribution in [0.5, 0.6) is 5.75 Å². The molecule has 236 valence electrons. The minimum Gasteiger partial charge on any atom is -0.496 e. The molecule has 0 aliphatic carbocycles. The summed E-state index contributed by atoms with van der Waals surface area (Å²) in [5, 5.41) is 7.12. The Morgan fingerprint density at radius 2 is 1.66 bits per heavy atom. The maximum absolute atomic E-state index is 13.6. The Morgan fingerprint density at radius 1 is 1.02 bits per heavy atom. The van der Waals surface area contributed by atoms with Crippen molar-refractivity contribution in [2.75, 3.05) is 27.3 Å². The molecular weight excluding hydrogens is 585 g/mol. The Morgan fingerprint density at radius 3 is 2.18 bits per heavy atom. The quantitative estimate of drug-likeness (QED) is 0.287. The van der Waals surface area contributed by atoms with Gasteiger partial charge in [-0.2, -0.15) is 13.2 Å². The predicted molar refractivity (Wildman–Crippen MR) is 150 cm³/mol. The third kappa shape index (κ3) is 5.44. The van der Waals surface area contributed by atoms with Gasteiger partial charge in [0.2, 0.25) is 11.8 Å². The van der Waals surface area contributed by atoms with E-state index in [0.717, 1.165) is 29.5 Å². The van der Waals surface area contributed by atoms with E-state index in [1.54, 1.807) is 26.2 Å². The van der Waals surface area contributed by atoms with Gasteiger partial charge in [0.25, 0.3) is 0 Å². The van der Waals surface area contributed by atoms with E-state index in [2.05, 4.69) is 4.90 Å². The maximum Gasteiger partial charge on any atom is 0.490 e. The zero-order valence-corrected chi connectivity index (χ0v) is 24.6. The summed E-state index contributed by atoms with van der Waals surface area (Å²) in [6.45, 7) is 4.18. The number of likely N-dealkylation sites (tertiary alicyclic amines) is 1. The lowest BCUT2D eigenvalue weighted by atomic mass is 9.75. The number of esters is 1. The number of Topliss-reactive ketones (excluding diaryl/α,β-unsaturated/α-hetero) is 1. The summed E-state index contributed by atoms with van der Waals surface area (Å²) in [6, 6.07) is 12.7. The highest BCUT2D eigenvalue weighted by Crippen LogP contribution is 2.58. The van der Waals surface area contributed by atoms with Crippen molar-refractivity contribution in [3.63, 3.8) is 0 Å². The lowest BCUT2D eigenvalue weighted by Crippen LogP contribution is -2.59. The number of aliphatic carboxylic acids is 1.